The average molecular weight is 390 g/mol. The number of fused-ring (bicyclic) bond motifs is 3. The third-order valence-electron chi connectivity index (χ3n) is 5.50. The van der Waals surface area contributed by atoms with Crippen molar-refractivity contribution in [3.8, 4) is 11.3 Å². The summed E-state index contributed by atoms with van der Waals surface area (Å²) in [7, 11) is 0. The fourth-order valence-electron chi connectivity index (χ4n) is 4.14. The number of hydrogen-bond donors (Lipinski definition) is 1. The number of aromatic nitrogens is 3. The topological polar surface area (TPSA) is 87.4 Å². The summed E-state index contributed by atoms with van der Waals surface area (Å²) in [6.07, 6.45) is 6.85. The molecule has 1 fully saturated rings. The van der Waals surface area contributed by atoms with Gasteiger partial charge in [0.15, 0.2) is 12.2 Å². The van der Waals surface area contributed by atoms with E-state index < -0.39 is 0 Å². The molecule has 1 amide bonds. The Balaban J connectivity index is 1.57. The van der Waals surface area contributed by atoms with Crippen LogP contribution >= 0.6 is 0 Å². The van der Waals surface area contributed by atoms with Crippen LogP contribution in [0.1, 0.15) is 30.1 Å². The standard InChI is InChI=1S/C21H22N6O2/c1-2-23-21-24-10-17-19(25-21)26-8-4-7-16(26)12-27(20(17)28)15-6-3-5-14(9-15)18-11-22-13-29-18/h3,5-6,9-11,13,16H,2,4,7-8,12H2,1H3,(H,23,24,25)/t16-/m0/s1. The largest absolute Gasteiger partial charge is 0.444 e. The van der Waals surface area contributed by atoms with Gasteiger partial charge in [0.25, 0.3) is 5.91 Å². The Morgan fingerprint density at radius 1 is 1.31 bits per heavy atom. The molecule has 4 heterocycles. The predicted octanol–water partition coefficient (Wildman–Crippen LogP) is 3.19. The number of nitrogens with zero attached hydrogens (tertiary/aromatic N) is 5. The van der Waals surface area contributed by atoms with Gasteiger partial charge < -0.3 is 19.5 Å². The van der Waals surface area contributed by atoms with Gasteiger partial charge in [-0.15, -0.1) is 0 Å². The molecule has 0 saturated carbocycles. The molecule has 8 heteroatoms. The number of oxazole rings is 1. The van der Waals surface area contributed by atoms with E-state index in [-0.39, 0.29) is 11.9 Å². The van der Waals surface area contributed by atoms with Crippen molar-refractivity contribution in [1.82, 2.24) is 15.0 Å². The van der Waals surface area contributed by atoms with Gasteiger partial charge in [0, 0.05) is 43.1 Å². The van der Waals surface area contributed by atoms with Crippen molar-refractivity contribution < 1.29 is 9.21 Å². The van der Waals surface area contributed by atoms with E-state index in [4.69, 9.17) is 4.42 Å². The van der Waals surface area contributed by atoms with Crippen LogP contribution in [0.2, 0.25) is 0 Å². The first-order valence-electron chi connectivity index (χ1n) is 9.93. The van der Waals surface area contributed by atoms with E-state index in [0.717, 1.165) is 43.0 Å². The highest BCUT2D eigenvalue weighted by molar-refractivity contribution is 6.10. The van der Waals surface area contributed by atoms with Gasteiger partial charge in [0.1, 0.15) is 11.4 Å². The fourth-order valence-corrected chi connectivity index (χ4v) is 4.14. The number of anilines is 3. The molecule has 5 rings (SSSR count). The molecule has 0 spiro atoms. The Morgan fingerprint density at radius 2 is 2.24 bits per heavy atom. The van der Waals surface area contributed by atoms with Crippen LogP contribution in [0, 0.1) is 0 Å². The summed E-state index contributed by atoms with van der Waals surface area (Å²) in [4.78, 5) is 30.6. The maximum Gasteiger partial charge on any atom is 0.263 e. The molecule has 0 unspecified atom stereocenters. The molecule has 3 aromatic rings. The lowest BCUT2D eigenvalue weighted by atomic mass is 10.1. The molecule has 1 aromatic carbocycles. The Hall–Kier alpha value is -3.42. The van der Waals surface area contributed by atoms with Gasteiger partial charge in [-0.3, -0.25) is 4.79 Å². The summed E-state index contributed by atoms with van der Waals surface area (Å²) in [6, 6.07) is 8.04. The second-order valence-corrected chi connectivity index (χ2v) is 7.28. The number of nitrogens with one attached hydrogen (secondary N) is 1. The molecule has 0 aliphatic carbocycles. The Bertz CT molecular complexity index is 1040. The van der Waals surface area contributed by atoms with Crippen LogP contribution in [-0.4, -0.2) is 46.5 Å². The fraction of sp³-hybridized carbons (Fsp3) is 0.333. The van der Waals surface area contributed by atoms with Crippen LogP contribution in [0.25, 0.3) is 11.3 Å². The van der Waals surface area contributed by atoms with Crippen LogP contribution in [0.3, 0.4) is 0 Å². The molecular formula is C21H22N6O2. The van der Waals surface area contributed by atoms with E-state index in [1.807, 2.05) is 36.1 Å². The number of rotatable bonds is 4. The molecule has 1 atom stereocenters. The van der Waals surface area contributed by atoms with Crippen molar-refractivity contribution in [3.05, 3.63) is 48.6 Å². The SMILES string of the molecule is CCNc1ncc2c(n1)N1CCC[C@H]1CN(c1cccc(-c3cnco3)c1)C2=O. The Labute approximate surface area is 168 Å². The predicted molar refractivity (Wildman–Crippen MR) is 110 cm³/mol. The van der Waals surface area contributed by atoms with Crippen LogP contribution in [0.15, 0.2) is 47.5 Å². The van der Waals surface area contributed by atoms with E-state index in [0.29, 0.717) is 23.8 Å². The smallest absolute Gasteiger partial charge is 0.263 e. The third-order valence-corrected chi connectivity index (χ3v) is 5.50. The van der Waals surface area contributed by atoms with Crippen LogP contribution in [0.5, 0.6) is 0 Å². The first-order chi connectivity index (χ1) is 14.2. The zero-order valence-corrected chi connectivity index (χ0v) is 16.2. The molecule has 29 heavy (non-hydrogen) atoms. The van der Waals surface area contributed by atoms with E-state index in [2.05, 4.69) is 25.2 Å². The minimum Gasteiger partial charge on any atom is -0.444 e. The summed E-state index contributed by atoms with van der Waals surface area (Å²) in [6.45, 7) is 4.25. The highest BCUT2D eigenvalue weighted by atomic mass is 16.3. The number of benzene rings is 1. The molecule has 2 aliphatic rings. The maximum absolute atomic E-state index is 13.5. The highest BCUT2D eigenvalue weighted by Crippen LogP contribution is 2.35. The summed E-state index contributed by atoms with van der Waals surface area (Å²) in [5.41, 5.74) is 2.26. The summed E-state index contributed by atoms with van der Waals surface area (Å²) in [5.74, 6) is 1.89. The minimum absolute atomic E-state index is 0.0767. The number of carbonyl (C=O) groups is 1. The lowest BCUT2D eigenvalue weighted by Gasteiger charge is -2.27. The minimum atomic E-state index is -0.0767. The molecule has 0 radical (unpaired) electrons. The molecule has 8 nitrogen and oxygen atoms in total. The molecule has 148 valence electrons. The van der Waals surface area contributed by atoms with Crippen molar-refractivity contribution in [1.29, 1.82) is 0 Å². The Morgan fingerprint density at radius 3 is 3.07 bits per heavy atom. The zero-order chi connectivity index (χ0) is 19.8. The van der Waals surface area contributed by atoms with Crippen molar-refractivity contribution >= 4 is 23.4 Å². The summed E-state index contributed by atoms with van der Waals surface area (Å²) in [5, 5.41) is 3.15. The monoisotopic (exact) mass is 390 g/mol. The van der Waals surface area contributed by atoms with Gasteiger partial charge in [0.05, 0.1) is 6.20 Å². The van der Waals surface area contributed by atoms with Crippen LogP contribution in [-0.2, 0) is 0 Å². The van der Waals surface area contributed by atoms with Gasteiger partial charge in [-0.1, -0.05) is 12.1 Å². The van der Waals surface area contributed by atoms with E-state index in [1.165, 1.54) is 6.39 Å². The van der Waals surface area contributed by atoms with Gasteiger partial charge in [0.2, 0.25) is 5.95 Å². The third kappa shape index (κ3) is 3.10. The summed E-state index contributed by atoms with van der Waals surface area (Å²) >= 11 is 0. The first kappa shape index (κ1) is 17.7. The lowest BCUT2D eigenvalue weighted by molar-refractivity contribution is 0.0988. The van der Waals surface area contributed by atoms with E-state index in [1.54, 1.807) is 12.4 Å². The quantitative estimate of drug-likeness (QED) is 0.732. The zero-order valence-electron chi connectivity index (χ0n) is 16.2. The van der Waals surface area contributed by atoms with Crippen molar-refractivity contribution in [2.24, 2.45) is 0 Å². The molecular weight excluding hydrogens is 368 g/mol. The number of hydrogen-bond acceptors (Lipinski definition) is 7. The van der Waals surface area contributed by atoms with Crippen molar-refractivity contribution in [3.63, 3.8) is 0 Å². The van der Waals surface area contributed by atoms with Crippen LogP contribution in [0.4, 0.5) is 17.5 Å². The van der Waals surface area contributed by atoms with Gasteiger partial charge in [-0.2, -0.15) is 4.98 Å². The average Bonchev–Trinajstić information content (AvgIpc) is 3.42. The van der Waals surface area contributed by atoms with Crippen molar-refractivity contribution in [2.75, 3.05) is 34.8 Å². The molecule has 2 aromatic heterocycles. The first-order valence-corrected chi connectivity index (χ1v) is 9.93. The summed E-state index contributed by atoms with van der Waals surface area (Å²) < 4.78 is 5.43. The number of amides is 1. The van der Waals surface area contributed by atoms with Crippen molar-refractivity contribution in [2.45, 2.75) is 25.8 Å². The normalized spacial score (nSPS) is 18.4. The maximum atomic E-state index is 13.5. The number of carbonyl (C=O) groups excluding carboxylic acids is 1. The van der Waals surface area contributed by atoms with Gasteiger partial charge >= 0.3 is 0 Å². The molecule has 0 bridgehead atoms. The van der Waals surface area contributed by atoms with Gasteiger partial charge in [-0.25, -0.2) is 9.97 Å². The molecule has 1 N–H and O–H groups in total. The lowest BCUT2D eigenvalue weighted by Crippen LogP contribution is -2.39. The van der Waals surface area contributed by atoms with E-state index in [9.17, 15) is 4.79 Å². The molecule has 2 aliphatic heterocycles. The van der Waals surface area contributed by atoms with E-state index >= 15 is 0 Å². The second kappa shape index (κ2) is 7.20. The second-order valence-electron chi connectivity index (χ2n) is 7.28. The molecule has 1 saturated heterocycles. The Kier molecular flexibility index (Phi) is 4.38. The van der Waals surface area contributed by atoms with Gasteiger partial charge in [-0.05, 0) is 31.9 Å². The van der Waals surface area contributed by atoms with Crippen LogP contribution < -0.4 is 15.1 Å². The highest BCUT2D eigenvalue weighted by Gasteiger charge is 2.37.